The Bertz CT molecular complexity index is 877. The largest absolute Gasteiger partial charge is 0.332 e. The van der Waals surface area contributed by atoms with Gasteiger partial charge in [-0.15, -0.1) is 0 Å². The lowest BCUT2D eigenvalue weighted by molar-refractivity contribution is -0.117. The van der Waals surface area contributed by atoms with Crippen molar-refractivity contribution in [3.05, 3.63) is 59.7 Å². The molecule has 0 unspecified atom stereocenters. The molecule has 28 heavy (non-hydrogen) atoms. The molecule has 1 aliphatic rings. The number of carbonyl (C=O) groups excluding carboxylic acids is 3. The van der Waals surface area contributed by atoms with Gasteiger partial charge in [-0.25, -0.2) is 0 Å². The van der Waals surface area contributed by atoms with Crippen LogP contribution in [0.3, 0.4) is 0 Å². The Morgan fingerprint density at radius 1 is 1.11 bits per heavy atom. The molecule has 1 N–H and O–H groups in total. The number of amides is 3. The lowest BCUT2D eigenvalue weighted by atomic mass is 10.1. The van der Waals surface area contributed by atoms with Crippen LogP contribution in [0.25, 0.3) is 0 Å². The Kier molecular flexibility index (Phi) is 6.09. The van der Waals surface area contributed by atoms with Crippen LogP contribution in [-0.2, 0) is 16.0 Å². The van der Waals surface area contributed by atoms with Crippen molar-refractivity contribution in [2.45, 2.75) is 26.2 Å². The van der Waals surface area contributed by atoms with E-state index in [9.17, 15) is 14.4 Å². The second-order valence-electron chi connectivity index (χ2n) is 6.92. The predicted octanol–water partition coefficient (Wildman–Crippen LogP) is 3.09. The molecule has 0 atom stereocenters. The molecule has 1 aliphatic heterocycles. The molecule has 1 saturated heterocycles. The molecule has 1 fully saturated rings. The second kappa shape index (κ2) is 8.69. The summed E-state index contributed by atoms with van der Waals surface area (Å²) >= 11 is 0. The van der Waals surface area contributed by atoms with Crippen molar-refractivity contribution in [1.29, 1.82) is 0 Å². The summed E-state index contributed by atoms with van der Waals surface area (Å²) in [6, 6.07) is 14.6. The van der Waals surface area contributed by atoms with Crippen LogP contribution >= 0.6 is 0 Å². The average Bonchev–Trinajstić information content (AvgIpc) is 3.13. The van der Waals surface area contributed by atoms with Gasteiger partial charge in [-0.1, -0.05) is 25.1 Å². The Morgan fingerprint density at radius 2 is 1.82 bits per heavy atom. The van der Waals surface area contributed by atoms with E-state index >= 15 is 0 Å². The predicted molar refractivity (Wildman–Crippen MR) is 109 cm³/mol. The van der Waals surface area contributed by atoms with Crippen molar-refractivity contribution in [1.82, 2.24) is 4.90 Å². The van der Waals surface area contributed by atoms with E-state index in [1.165, 1.54) is 4.90 Å². The fraction of sp³-hybridized carbons (Fsp3) is 0.318. The molecule has 6 heteroatoms. The number of para-hydroxylation sites is 1. The van der Waals surface area contributed by atoms with Crippen molar-refractivity contribution < 1.29 is 14.4 Å². The number of nitrogens with one attached hydrogen (secondary N) is 1. The molecule has 0 aromatic heterocycles. The van der Waals surface area contributed by atoms with E-state index < -0.39 is 0 Å². The van der Waals surface area contributed by atoms with E-state index in [0.29, 0.717) is 18.5 Å². The van der Waals surface area contributed by atoms with Crippen LogP contribution in [0.15, 0.2) is 48.5 Å². The van der Waals surface area contributed by atoms with Crippen LogP contribution in [0.2, 0.25) is 0 Å². The molecule has 0 saturated carbocycles. The molecular weight excluding hydrogens is 354 g/mol. The van der Waals surface area contributed by atoms with E-state index in [0.717, 1.165) is 29.8 Å². The van der Waals surface area contributed by atoms with E-state index in [4.69, 9.17) is 0 Å². The van der Waals surface area contributed by atoms with E-state index in [-0.39, 0.29) is 24.3 Å². The minimum Gasteiger partial charge on any atom is -0.332 e. The first kappa shape index (κ1) is 19.6. The Morgan fingerprint density at radius 3 is 2.46 bits per heavy atom. The highest BCUT2D eigenvalue weighted by atomic mass is 16.2. The van der Waals surface area contributed by atoms with Gasteiger partial charge in [0.05, 0.1) is 6.54 Å². The highest BCUT2D eigenvalue weighted by Gasteiger charge is 2.22. The lowest BCUT2D eigenvalue weighted by Crippen LogP contribution is -2.35. The van der Waals surface area contributed by atoms with Crippen molar-refractivity contribution in [2.24, 2.45) is 0 Å². The number of carbonyl (C=O) groups is 3. The Labute approximate surface area is 165 Å². The van der Waals surface area contributed by atoms with Gasteiger partial charge in [0.25, 0.3) is 5.91 Å². The topological polar surface area (TPSA) is 69.7 Å². The number of hydrogen-bond acceptors (Lipinski definition) is 3. The Hall–Kier alpha value is -3.15. The maximum Gasteiger partial charge on any atom is 0.254 e. The summed E-state index contributed by atoms with van der Waals surface area (Å²) in [5.41, 5.74) is 3.11. The van der Waals surface area contributed by atoms with Crippen molar-refractivity contribution in [3.8, 4) is 0 Å². The molecular formula is C22H25N3O3. The van der Waals surface area contributed by atoms with E-state index in [1.807, 2.05) is 31.2 Å². The maximum atomic E-state index is 12.6. The van der Waals surface area contributed by atoms with Gasteiger partial charge in [0.2, 0.25) is 11.8 Å². The summed E-state index contributed by atoms with van der Waals surface area (Å²) in [5, 5.41) is 2.87. The third-order valence-corrected chi connectivity index (χ3v) is 4.90. The number of hydrogen-bond donors (Lipinski definition) is 1. The molecule has 3 rings (SSSR count). The first-order valence-corrected chi connectivity index (χ1v) is 9.53. The van der Waals surface area contributed by atoms with Crippen LogP contribution < -0.4 is 10.2 Å². The fourth-order valence-corrected chi connectivity index (χ4v) is 3.35. The summed E-state index contributed by atoms with van der Waals surface area (Å²) in [4.78, 5) is 39.9. The molecule has 2 aromatic carbocycles. The van der Waals surface area contributed by atoms with Crippen LogP contribution in [0.1, 0.15) is 35.7 Å². The first-order valence-electron chi connectivity index (χ1n) is 9.53. The number of aryl methyl sites for hydroxylation is 1. The van der Waals surface area contributed by atoms with Gasteiger partial charge < -0.3 is 15.1 Å². The van der Waals surface area contributed by atoms with Gasteiger partial charge in [-0.05, 0) is 48.7 Å². The minimum absolute atomic E-state index is 0.0384. The van der Waals surface area contributed by atoms with Crippen LogP contribution in [0, 0.1) is 0 Å². The summed E-state index contributed by atoms with van der Waals surface area (Å²) in [7, 11) is 1.60. The van der Waals surface area contributed by atoms with Crippen LogP contribution in [0.4, 0.5) is 11.4 Å². The molecule has 0 spiro atoms. The van der Waals surface area contributed by atoms with Gasteiger partial charge in [-0.2, -0.15) is 0 Å². The summed E-state index contributed by atoms with van der Waals surface area (Å²) < 4.78 is 0. The van der Waals surface area contributed by atoms with E-state index in [1.54, 1.807) is 36.2 Å². The number of nitrogens with zero attached hydrogens (tertiary/aromatic N) is 2. The van der Waals surface area contributed by atoms with Crippen LogP contribution in [0.5, 0.6) is 0 Å². The molecule has 2 aromatic rings. The highest BCUT2D eigenvalue weighted by Crippen LogP contribution is 2.22. The normalized spacial score (nSPS) is 13.5. The Balaban J connectivity index is 1.60. The zero-order valence-corrected chi connectivity index (χ0v) is 16.3. The maximum absolute atomic E-state index is 12.6. The molecule has 3 amide bonds. The minimum atomic E-state index is -0.240. The first-order chi connectivity index (χ1) is 13.5. The summed E-state index contributed by atoms with van der Waals surface area (Å²) in [5.74, 6) is -0.366. The smallest absolute Gasteiger partial charge is 0.254 e. The van der Waals surface area contributed by atoms with Gasteiger partial charge in [0, 0.05) is 37.0 Å². The second-order valence-corrected chi connectivity index (χ2v) is 6.92. The van der Waals surface area contributed by atoms with Gasteiger partial charge in [0.1, 0.15) is 0 Å². The van der Waals surface area contributed by atoms with Crippen molar-refractivity contribution >= 4 is 29.1 Å². The van der Waals surface area contributed by atoms with Crippen LogP contribution in [-0.4, -0.2) is 42.8 Å². The summed E-state index contributed by atoms with van der Waals surface area (Å²) in [6.45, 7) is 2.70. The molecule has 0 aliphatic carbocycles. The quantitative estimate of drug-likeness (QED) is 0.839. The highest BCUT2D eigenvalue weighted by molar-refractivity contribution is 6.00. The molecule has 1 heterocycles. The van der Waals surface area contributed by atoms with Gasteiger partial charge in [0.15, 0.2) is 0 Å². The SMILES string of the molecule is CCc1ccccc1NC(=O)CN(C)C(=O)c1ccc(N2CCCC2=O)cc1. The zero-order valence-electron chi connectivity index (χ0n) is 16.3. The number of benzene rings is 2. The fourth-order valence-electron chi connectivity index (χ4n) is 3.35. The summed E-state index contributed by atoms with van der Waals surface area (Å²) in [6.07, 6.45) is 2.25. The standard InChI is InChI=1S/C22H25N3O3/c1-3-16-7-4-5-8-19(16)23-20(26)15-24(2)22(28)17-10-12-18(13-11-17)25-14-6-9-21(25)27/h4-5,7-8,10-13H,3,6,9,14-15H2,1-2H3,(H,23,26). The van der Waals surface area contributed by atoms with Gasteiger partial charge >= 0.3 is 0 Å². The molecule has 146 valence electrons. The lowest BCUT2D eigenvalue weighted by Gasteiger charge is -2.19. The number of anilines is 2. The molecule has 0 bridgehead atoms. The third-order valence-electron chi connectivity index (χ3n) is 4.90. The van der Waals surface area contributed by atoms with E-state index in [2.05, 4.69) is 5.32 Å². The number of likely N-dealkylation sites (N-methyl/N-ethyl adjacent to an activating group) is 1. The monoisotopic (exact) mass is 379 g/mol. The zero-order chi connectivity index (χ0) is 20.1. The number of rotatable bonds is 6. The van der Waals surface area contributed by atoms with Crippen molar-refractivity contribution in [2.75, 3.05) is 30.4 Å². The van der Waals surface area contributed by atoms with Gasteiger partial charge in [-0.3, -0.25) is 14.4 Å². The molecule has 6 nitrogen and oxygen atoms in total. The molecule has 0 radical (unpaired) electrons. The van der Waals surface area contributed by atoms with Crippen molar-refractivity contribution in [3.63, 3.8) is 0 Å². The third kappa shape index (κ3) is 4.39. The average molecular weight is 379 g/mol.